The molecule has 4 heteroatoms. The minimum Gasteiger partial charge on any atom is -0.467 e. The van der Waals surface area contributed by atoms with Crippen LogP contribution in [0.3, 0.4) is 0 Å². The van der Waals surface area contributed by atoms with Crippen molar-refractivity contribution in [3.63, 3.8) is 0 Å². The predicted octanol–water partition coefficient (Wildman–Crippen LogP) is 2.37. The standard InChI is InChI=1S/C15H23NO3/c1-4-5-6-12-7-9-13(10-8-12)16-11-15(2,18)14(17)19-3/h7-10,16,18H,4-6,11H2,1-3H3. The number of benzene rings is 1. The normalized spacial score (nSPS) is 13.7. The summed E-state index contributed by atoms with van der Waals surface area (Å²) in [6.45, 7) is 3.72. The lowest BCUT2D eigenvalue weighted by Gasteiger charge is -2.21. The van der Waals surface area contributed by atoms with Crippen molar-refractivity contribution in [2.24, 2.45) is 0 Å². The third-order valence-electron chi connectivity index (χ3n) is 3.03. The number of carbonyl (C=O) groups excluding carboxylic acids is 1. The van der Waals surface area contributed by atoms with Gasteiger partial charge in [0.15, 0.2) is 5.60 Å². The third kappa shape index (κ3) is 4.91. The highest BCUT2D eigenvalue weighted by Crippen LogP contribution is 2.14. The molecule has 0 aliphatic carbocycles. The molecule has 0 saturated carbocycles. The maximum Gasteiger partial charge on any atom is 0.339 e. The van der Waals surface area contributed by atoms with Gasteiger partial charge in [-0.1, -0.05) is 25.5 Å². The van der Waals surface area contributed by atoms with Crippen molar-refractivity contribution in [1.29, 1.82) is 0 Å². The number of carbonyl (C=O) groups is 1. The largest absolute Gasteiger partial charge is 0.467 e. The summed E-state index contributed by atoms with van der Waals surface area (Å²) in [5.41, 5.74) is 0.659. The van der Waals surface area contributed by atoms with E-state index in [0.717, 1.165) is 12.1 Å². The number of rotatable bonds is 7. The minimum absolute atomic E-state index is 0.119. The van der Waals surface area contributed by atoms with Gasteiger partial charge in [0.1, 0.15) is 0 Å². The van der Waals surface area contributed by atoms with Gasteiger partial charge >= 0.3 is 5.97 Å². The quantitative estimate of drug-likeness (QED) is 0.743. The van der Waals surface area contributed by atoms with Gasteiger partial charge in [0.25, 0.3) is 0 Å². The second-order valence-corrected chi connectivity index (χ2v) is 4.92. The van der Waals surface area contributed by atoms with E-state index in [1.165, 1.54) is 32.4 Å². The van der Waals surface area contributed by atoms with Crippen LogP contribution in [0.5, 0.6) is 0 Å². The molecule has 0 aliphatic heterocycles. The fourth-order valence-electron chi connectivity index (χ4n) is 1.74. The van der Waals surface area contributed by atoms with Crippen molar-refractivity contribution in [3.8, 4) is 0 Å². The summed E-state index contributed by atoms with van der Waals surface area (Å²) in [7, 11) is 1.26. The Kier molecular flexibility index (Phi) is 5.83. The molecule has 1 aromatic carbocycles. The van der Waals surface area contributed by atoms with Gasteiger partial charge in [0.05, 0.1) is 13.7 Å². The van der Waals surface area contributed by atoms with Gasteiger partial charge in [-0.15, -0.1) is 0 Å². The molecule has 1 atom stereocenters. The SMILES string of the molecule is CCCCc1ccc(NCC(C)(O)C(=O)OC)cc1. The lowest BCUT2D eigenvalue weighted by molar-refractivity contribution is -0.158. The Morgan fingerprint density at radius 3 is 2.53 bits per heavy atom. The fourth-order valence-corrected chi connectivity index (χ4v) is 1.74. The molecule has 1 rings (SSSR count). The van der Waals surface area contributed by atoms with Crippen molar-refractivity contribution >= 4 is 11.7 Å². The number of esters is 1. The molecule has 0 heterocycles. The fraction of sp³-hybridized carbons (Fsp3) is 0.533. The first-order valence-corrected chi connectivity index (χ1v) is 6.63. The number of aliphatic hydroxyl groups is 1. The second-order valence-electron chi connectivity index (χ2n) is 4.92. The molecule has 0 aromatic heterocycles. The predicted molar refractivity (Wildman–Crippen MR) is 76.2 cm³/mol. The first-order valence-electron chi connectivity index (χ1n) is 6.63. The molecule has 0 radical (unpaired) electrons. The summed E-state index contributed by atoms with van der Waals surface area (Å²) in [6, 6.07) is 8.03. The molecule has 0 saturated heterocycles. The van der Waals surface area contributed by atoms with Gasteiger partial charge < -0.3 is 15.2 Å². The van der Waals surface area contributed by atoms with E-state index in [1.807, 2.05) is 12.1 Å². The average Bonchev–Trinajstić information content (AvgIpc) is 2.43. The van der Waals surface area contributed by atoms with Gasteiger partial charge in [-0.2, -0.15) is 0 Å². The number of unbranched alkanes of at least 4 members (excludes halogenated alkanes) is 1. The van der Waals surface area contributed by atoms with Crippen LogP contribution in [0.25, 0.3) is 0 Å². The van der Waals surface area contributed by atoms with E-state index in [0.29, 0.717) is 0 Å². The number of aryl methyl sites for hydroxylation is 1. The zero-order chi connectivity index (χ0) is 14.3. The average molecular weight is 265 g/mol. The molecular weight excluding hydrogens is 242 g/mol. The summed E-state index contributed by atoms with van der Waals surface area (Å²) in [6.07, 6.45) is 3.45. The summed E-state index contributed by atoms with van der Waals surface area (Å²) < 4.78 is 4.54. The molecule has 0 fully saturated rings. The summed E-state index contributed by atoms with van der Waals surface area (Å²) in [4.78, 5) is 11.3. The first kappa shape index (κ1) is 15.5. The van der Waals surface area contributed by atoms with Crippen LogP contribution in [0.15, 0.2) is 24.3 Å². The Balaban J connectivity index is 2.52. The van der Waals surface area contributed by atoms with E-state index in [9.17, 15) is 9.90 Å². The summed E-state index contributed by atoms with van der Waals surface area (Å²) in [5, 5.41) is 12.9. The van der Waals surface area contributed by atoms with Crippen molar-refractivity contribution in [1.82, 2.24) is 0 Å². The van der Waals surface area contributed by atoms with Crippen LogP contribution < -0.4 is 5.32 Å². The molecule has 19 heavy (non-hydrogen) atoms. The number of hydrogen-bond donors (Lipinski definition) is 2. The highest BCUT2D eigenvalue weighted by molar-refractivity contribution is 5.79. The number of anilines is 1. The molecule has 1 aromatic rings. The molecular formula is C15H23NO3. The van der Waals surface area contributed by atoms with E-state index in [1.54, 1.807) is 0 Å². The summed E-state index contributed by atoms with van der Waals surface area (Å²) >= 11 is 0. The van der Waals surface area contributed by atoms with E-state index < -0.39 is 11.6 Å². The van der Waals surface area contributed by atoms with E-state index >= 15 is 0 Å². The van der Waals surface area contributed by atoms with E-state index in [4.69, 9.17) is 0 Å². The lowest BCUT2D eigenvalue weighted by atomic mass is 10.1. The van der Waals surface area contributed by atoms with Crippen LogP contribution >= 0.6 is 0 Å². The zero-order valence-electron chi connectivity index (χ0n) is 11.9. The van der Waals surface area contributed by atoms with E-state index in [2.05, 4.69) is 29.1 Å². The Labute approximate surface area is 114 Å². The van der Waals surface area contributed by atoms with Crippen molar-refractivity contribution in [2.75, 3.05) is 19.0 Å². The van der Waals surface area contributed by atoms with Crippen LogP contribution in [0.4, 0.5) is 5.69 Å². The number of methoxy groups -OCH3 is 1. The molecule has 2 N–H and O–H groups in total. The van der Waals surface area contributed by atoms with Gasteiger partial charge in [-0.25, -0.2) is 4.79 Å². The second kappa shape index (κ2) is 7.14. The van der Waals surface area contributed by atoms with Crippen molar-refractivity contribution in [3.05, 3.63) is 29.8 Å². The van der Waals surface area contributed by atoms with Gasteiger partial charge in [-0.05, 0) is 37.5 Å². The van der Waals surface area contributed by atoms with Crippen LogP contribution in [0, 0.1) is 0 Å². The van der Waals surface area contributed by atoms with Crippen molar-refractivity contribution in [2.45, 2.75) is 38.7 Å². The molecule has 1 unspecified atom stereocenters. The third-order valence-corrected chi connectivity index (χ3v) is 3.03. The van der Waals surface area contributed by atoms with Gasteiger partial charge in [0.2, 0.25) is 0 Å². The Morgan fingerprint density at radius 1 is 1.37 bits per heavy atom. The molecule has 0 amide bonds. The number of nitrogens with one attached hydrogen (secondary N) is 1. The maximum atomic E-state index is 11.3. The maximum absolute atomic E-state index is 11.3. The van der Waals surface area contributed by atoms with Gasteiger partial charge in [0, 0.05) is 5.69 Å². The molecule has 106 valence electrons. The number of ether oxygens (including phenoxy) is 1. The Hall–Kier alpha value is -1.55. The molecule has 0 aliphatic rings. The molecule has 4 nitrogen and oxygen atoms in total. The van der Waals surface area contributed by atoms with Crippen LogP contribution in [-0.4, -0.2) is 30.3 Å². The minimum atomic E-state index is -1.52. The Bertz CT molecular complexity index is 398. The zero-order valence-corrected chi connectivity index (χ0v) is 11.9. The van der Waals surface area contributed by atoms with Crippen LogP contribution in [-0.2, 0) is 16.0 Å². The highest BCUT2D eigenvalue weighted by atomic mass is 16.5. The highest BCUT2D eigenvalue weighted by Gasteiger charge is 2.30. The Morgan fingerprint density at radius 2 is 2.00 bits per heavy atom. The first-order chi connectivity index (χ1) is 8.99. The monoisotopic (exact) mass is 265 g/mol. The van der Waals surface area contributed by atoms with Crippen LogP contribution in [0.2, 0.25) is 0 Å². The molecule has 0 spiro atoms. The summed E-state index contributed by atoms with van der Waals surface area (Å²) in [5.74, 6) is -0.639. The smallest absolute Gasteiger partial charge is 0.339 e. The van der Waals surface area contributed by atoms with Gasteiger partial charge in [-0.3, -0.25) is 0 Å². The lowest BCUT2D eigenvalue weighted by Crippen LogP contribution is -2.42. The topological polar surface area (TPSA) is 58.6 Å². The number of hydrogen-bond acceptors (Lipinski definition) is 4. The molecule has 0 bridgehead atoms. The van der Waals surface area contributed by atoms with Crippen molar-refractivity contribution < 1.29 is 14.6 Å². The van der Waals surface area contributed by atoms with E-state index in [-0.39, 0.29) is 6.54 Å². The van der Waals surface area contributed by atoms with Crippen LogP contribution in [0.1, 0.15) is 32.3 Å².